The van der Waals surface area contributed by atoms with E-state index in [9.17, 15) is 0 Å². The Labute approximate surface area is 72.1 Å². The molecule has 0 aliphatic heterocycles. The minimum atomic E-state index is 0.0629. The van der Waals surface area contributed by atoms with Crippen molar-refractivity contribution in [2.45, 2.75) is 32.6 Å². The molecule has 0 spiro atoms. The van der Waals surface area contributed by atoms with Crippen molar-refractivity contribution in [2.75, 3.05) is 0 Å². The number of aromatic amines is 1. The summed E-state index contributed by atoms with van der Waals surface area (Å²) in [6.45, 7) is 4.43. The van der Waals surface area contributed by atoms with Gasteiger partial charge < -0.3 is 15.5 Å². The molecule has 2 atom stereocenters. The van der Waals surface area contributed by atoms with E-state index >= 15 is 0 Å². The zero-order valence-corrected chi connectivity index (χ0v) is 7.45. The fraction of sp³-hybridized carbons (Fsp3) is 0.625. The summed E-state index contributed by atoms with van der Waals surface area (Å²) in [4.78, 5) is 6.83. The molecular weight excluding hydrogens is 154 g/mol. The third kappa shape index (κ3) is 2.64. The van der Waals surface area contributed by atoms with Crippen molar-refractivity contribution < 1.29 is 4.74 Å². The van der Waals surface area contributed by atoms with Gasteiger partial charge in [-0.25, -0.2) is 4.98 Å². The number of H-pyrrole nitrogens is 1. The molecule has 0 bridgehead atoms. The molecule has 1 aromatic rings. The number of hydrogen-bond acceptors (Lipinski definition) is 3. The maximum absolute atomic E-state index is 5.62. The Bertz CT molecular complexity index is 208. The Morgan fingerprint density at radius 3 is 2.92 bits per heavy atom. The highest BCUT2D eigenvalue weighted by molar-refractivity contribution is 4.91. The number of hydrogen-bond donors (Lipinski definition) is 2. The SMILES string of the molecule is C[C@H](N)[C@@H](C)OCc1cnc[nH]1. The van der Waals surface area contributed by atoms with Crippen LogP contribution in [0.25, 0.3) is 0 Å². The third-order valence-corrected chi connectivity index (χ3v) is 1.80. The van der Waals surface area contributed by atoms with Crippen molar-refractivity contribution in [3.8, 4) is 0 Å². The summed E-state index contributed by atoms with van der Waals surface area (Å²) in [7, 11) is 0. The lowest BCUT2D eigenvalue weighted by Gasteiger charge is -2.15. The lowest BCUT2D eigenvalue weighted by Crippen LogP contribution is -2.31. The molecule has 4 nitrogen and oxygen atoms in total. The quantitative estimate of drug-likeness (QED) is 0.696. The number of nitrogens with one attached hydrogen (secondary N) is 1. The second-order valence-electron chi connectivity index (χ2n) is 2.95. The van der Waals surface area contributed by atoms with Gasteiger partial charge in [-0.2, -0.15) is 0 Å². The minimum Gasteiger partial charge on any atom is -0.371 e. The summed E-state index contributed by atoms with van der Waals surface area (Å²) >= 11 is 0. The first-order chi connectivity index (χ1) is 5.70. The van der Waals surface area contributed by atoms with E-state index in [0.717, 1.165) is 5.69 Å². The van der Waals surface area contributed by atoms with E-state index < -0.39 is 0 Å². The van der Waals surface area contributed by atoms with Gasteiger partial charge in [0.1, 0.15) is 0 Å². The zero-order valence-electron chi connectivity index (χ0n) is 7.45. The number of nitrogens with zero attached hydrogens (tertiary/aromatic N) is 1. The first kappa shape index (κ1) is 9.22. The van der Waals surface area contributed by atoms with Gasteiger partial charge in [-0.3, -0.25) is 0 Å². The third-order valence-electron chi connectivity index (χ3n) is 1.80. The summed E-state index contributed by atoms with van der Waals surface area (Å²) in [5.41, 5.74) is 6.60. The van der Waals surface area contributed by atoms with E-state index in [4.69, 9.17) is 10.5 Å². The van der Waals surface area contributed by atoms with E-state index in [1.54, 1.807) is 12.5 Å². The number of ether oxygens (including phenoxy) is 1. The maximum Gasteiger partial charge on any atom is 0.0922 e. The average Bonchev–Trinajstić information content (AvgIpc) is 2.51. The molecule has 0 aromatic carbocycles. The molecule has 0 saturated carbocycles. The van der Waals surface area contributed by atoms with Crippen molar-refractivity contribution in [3.05, 3.63) is 18.2 Å². The first-order valence-corrected chi connectivity index (χ1v) is 4.04. The van der Waals surface area contributed by atoms with E-state index in [2.05, 4.69) is 9.97 Å². The summed E-state index contributed by atoms with van der Waals surface area (Å²) in [6, 6.07) is 0.0629. The van der Waals surface area contributed by atoms with Gasteiger partial charge >= 0.3 is 0 Å². The summed E-state index contributed by atoms with van der Waals surface area (Å²) in [5, 5.41) is 0. The molecule has 1 aromatic heterocycles. The van der Waals surface area contributed by atoms with Gasteiger partial charge in [0.15, 0.2) is 0 Å². The molecule has 0 aliphatic carbocycles. The van der Waals surface area contributed by atoms with Crippen LogP contribution in [0.3, 0.4) is 0 Å². The molecule has 3 N–H and O–H groups in total. The Morgan fingerprint density at radius 2 is 2.42 bits per heavy atom. The van der Waals surface area contributed by atoms with Gasteiger partial charge in [-0.1, -0.05) is 0 Å². The molecule has 4 heteroatoms. The molecule has 12 heavy (non-hydrogen) atoms. The largest absolute Gasteiger partial charge is 0.371 e. The fourth-order valence-electron chi connectivity index (χ4n) is 0.737. The molecule has 1 heterocycles. The van der Waals surface area contributed by atoms with Crippen molar-refractivity contribution in [3.63, 3.8) is 0 Å². The van der Waals surface area contributed by atoms with Gasteiger partial charge in [0, 0.05) is 6.04 Å². The first-order valence-electron chi connectivity index (χ1n) is 4.04. The van der Waals surface area contributed by atoms with Gasteiger partial charge in [-0.15, -0.1) is 0 Å². The second-order valence-corrected chi connectivity index (χ2v) is 2.95. The van der Waals surface area contributed by atoms with Crippen molar-refractivity contribution >= 4 is 0 Å². The molecule has 68 valence electrons. The Hall–Kier alpha value is -0.870. The highest BCUT2D eigenvalue weighted by atomic mass is 16.5. The van der Waals surface area contributed by atoms with E-state index in [-0.39, 0.29) is 12.1 Å². The standard InChI is InChI=1S/C8H15N3O/c1-6(9)7(2)12-4-8-3-10-5-11-8/h3,5-7H,4,9H2,1-2H3,(H,10,11)/t6-,7+/m0/s1. The van der Waals surface area contributed by atoms with Crippen LogP contribution in [0.2, 0.25) is 0 Å². The van der Waals surface area contributed by atoms with Crippen molar-refractivity contribution in [1.29, 1.82) is 0 Å². The molecule has 0 fully saturated rings. The highest BCUT2D eigenvalue weighted by Crippen LogP contribution is 2.00. The topological polar surface area (TPSA) is 63.9 Å². The van der Waals surface area contributed by atoms with Crippen LogP contribution in [0, 0.1) is 0 Å². The predicted octanol–water partition coefficient (Wildman–Crippen LogP) is 0.662. The fourth-order valence-corrected chi connectivity index (χ4v) is 0.737. The lowest BCUT2D eigenvalue weighted by molar-refractivity contribution is 0.0382. The monoisotopic (exact) mass is 169 g/mol. The number of rotatable bonds is 4. The maximum atomic E-state index is 5.62. The van der Waals surface area contributed by atoms with Gasteiger partial charge in [0.2, 0.25) is 0 Å². The molecule has 1 rings (SSSR count). The lowest BCUT2D eigenvalue weighted by atomic mass is 10.2. The average molecular weight is 169 g/mol. The summed E-state index contributed by atoms with van der Waals surface area (Å²) in [5.74, 6) is 0. The summed E-state index contributed by atoms with van der Waals surface area (Å²) in [6.07, 6.45) is 3.46. The van der Waals surface area contributed by atoms with E-state index in [1.165, 1.54) is 0 Å². The van der Waals surface area contributed by atoms with Gasteiger partial charge in [0.25, 0.3) is 0 Å². The molecule has 0 amide bonds. The Kier molecular flexibility index (Phi) is 3.25. The van der Waals surface area contributed by atoms with Crippen LogP contribution in [-0.4, -0.2) is 22.1 Å². The Morgan fingerprint density at radius 1 is 1.67 bits per heavy atom. The zero-order chi connectivity index (χ0) is 8.97. The van der Waals surface area contributed by atoms with Gasteiger partial charge in [-0.05, 0) is 13.8 Å². The van der Waals surface area contributed by atoms with Crippen LogP contribution in [0.4, 0.5) is 0 Å². The smallest absolute Gasteiger partial charge is 0.0922 e. The predicted molar refractivity (Wildman–Crippen MR) is 46.5 cm³/mol. The number of nitrogens with two attached hydrogens (primary N) is 1. The van der Waals surface area contributed by atoms with Gasteiger partial charge in [0.05, 0.1) is 30.9 Å². The molecule has 0 aliphatic rings. The van der Waals surface area contributed by atoms with Crippen LogP contribution >= 0.6 is 0 Å². The molecule has 0 unspecified atom stereocenters. The highest BCUT2D eigenvalue weighted by Gasteiger charge is 2.07. The van der Waals surface area contributed by atoms with Crippen LogP contribution in [0.15, 0.2) is 12.5 Å². The van der Waals surface area contributed by atoms with Crippen LogP contribution in [0.1, 0.15) is 19.5 Å². The van der Waals surface area contributed by atoms with Crippen LogP contribution < -0.4 is 5.73 Å². The number of aromatic nitrogens is 2. The number of imidazole rings is 1. The second kappa shape index (κ2) is 4.23. The Balaban J connectivity index is 2.27. The molecular formula is C8H15N3O. The van der Waals surface area contributed by atoms with Crippen LogP contribution in [-0.2, 0) is 11.3 Å². The summed E-state index contributed by atoms with van der Waals surface area (Å²) < 4.78 is 5.45. The molecule has 0 saturated heterocycles. The molecule has 0 radical (unpaired) electrons. The van der Waals surface area contributed by atoms with E-state index in [1.807, 2.05) is 13.8 Å². The van der Waals surface area contributed by atoms with Crippen LogP contribution in [0.5, 0.6) is 0 Å². The normalized spacial score (nSPS) is 15.9. The van der Waals surface area contributed by atoms with Crippen molar-refractivity contribution in [2.24, 2.45) is 5.73 Å². The van der Waals surface area contributed by atoms with E-state index in [0.29, 0.717) is 6.61 Å². The van der Waals surface area contributed by atoms with Crippen molar-refractivity contribution in [1.82, 2.24) is 9.97 Å². The minimum absolute atomic E-state index is 0.0629.